The number of nitrogens with two attached hydrogens (primary N) is 1. The largest absolute Gasteiger partial charge is 0.495 e. The van der Waals surface area contributed by atoms with E-state index < -0.39 is 37.5 Å². The minimum atomic E-state index is -3.74. The summed E-state index contributed by atoms with van der Waals surface area (Å²) >= 11 is 3.31. The van der Waals surface area contributed by atoms with Gasteiger partial charge >= 0.3 is 0 Å². The molecule has 2 atom stereocenters. The fourth-order valence-corrected chi connectivity index (χ4v) is 6.87. The Morgan fingerprint density at radius 1 is 1.35 bits per heavy atom. The minimum Gasteiger partial charge on any atom is -0.495 e. The molecule has 1 spiro atoms. The van der Waals surface area contributed by atoms with Gasteiger partial charge in [-0.15, -0.1) is 0 Å². The first-order valence-corrected chi connectivity index (χ1v) is 13.8. The van der Waals surface area contributed by atoms with Crippen LogP contribution in [0.3, 0.4) is 0 Å². The molecule has 4 N–H and O–H groups in total. The van der Waals surface area contributed by atoms with Crippen molar-refractivity contribution in [1.82, 2.24) is 9.62 Å². The Labute approximate surface area is 191 Å². The van der Waals surface area contributed by atoms with Crippen LogP contribution in [0.1, 0.15) is 19.3 Å². The molecule has 13 heteroatoms. The highest BCUT2D eigenvalue weighted by Gasteiger charge is 2.45. The number of nitrogens with one attached hydrogen (secondary N) is 1. The number of benzene rings is 1. The monoisotopic (exact) mass is 541 g/mol. The van der Waals surface area contributed by atoms with Gasteiger partial charge in [0.25, 0.3) is 0 Å². The minimum absolute atomic E-state index is 0.0524. The molecular weight excluding hydrogens is 514 g/mol. The molecule has 10 nitrogen and oxygen atoms in total. The second-order valence-corrected chi connectivity index (χ2v) is 12.5. The molecule has 1 aromatic carbocycles. The number of hydrogen-bond acceptors (Lipinski definition) is 8. The molecule has 3 rings (SSSR count). The van der Waals surface area contributed by atoms with Crippen LogP contribution in [0, 0.1) is 0 Å². The second kappa shape index (κ2) is 9.59. The molecular formula is C18H28BrN3O7S2. The number of ether oxygens (including phenoxy) is 2. The van der Waals surface area contributed by atoms with Crippen LogP contribution in [0.15, 0.2) is 27.6 Å². The van der Waals surface area contributed by atoms with Crippen molar-refractivity contribution in [1.29, 1.82) is 0 Å². The van der Waals surface area contributed by atoms with Gasteiger partial charge in [-0.3, -0.25) is 0 Å². The molecule has 31 heavy (non-hydrogen) atoms. The van der Waals surface area contributed by atoms with Gasteiger partial charge in [-0.1, -0.05) is 15.9 Å². The van der Waals surface area contributed by atoms with Gasteiger partial charge in [0.2, 0.25) is 20.0 Å². The third kappa shape index (κ3) is 6.16. The molecule has 2 fully saturated rings. The smallest absolute Gasteiger partial charge is 0.246 e. The Kier molecular flexibility index (Phi) is 7.69. The van der Waals surface area contributed by atoms with Crippen molar-refractivity contribution in [2.24, 2.45) is 5.14 Å². The molecule has 0 aromatic heterocycles. The third-order valence-corrected chi connectivity index (χ3v) is 8.92. The van der Waals surface area contributed by atoms with Crippen molar-refractivity contribution in [3.8, 4) is 5.75 Å². The zero-order valence-corrected chi connectivity index (χ0v) is 20.4. The molecule has 1 aromatic rings. The summed E-state index contributed by atoms with van der Waals surface area (Å²) in [6, 6.07) is 4.83. The number of piperidine rings is 1. The number of rotatable bonds is 8. The van der Waals surface area contributed by atoms with E-state index in [1.165, 1.54) is 17.5 Å². The van der Waals surface area contributed by atoms with E-state index in [1.807, 2.05) is 0 Å². The zero-order valence-electron chi connectivity index (χ0n) is 17.2. The van der Waals surface area contributed by atoms with E-state index in [0.717, 1.165) is 0 Å². The predicted molar refractivity (Wildman–Crippen MR) is 118 cm³/mol. The van der Waals surface area contributed by atoms with Crippen LogP contribution in [0.4, 0.5) is 0 Å². The Balaban J connectivity index is 1.58. The van der Waals surface area contributed by atoms with E-state index in [0.29, 0.717) is 49.2 Å². The van der Waals surface area contributed by atoms with Gasteiger partial charge in [-0.05, 0) is 37.5 Å². The third-order valence-electron chi connectivity index (χ3n) is 5.65. The van der Waals surface area contributed by atoms with Gasteiger partial charge in [0.1, 0.15) is 10.6 Å². The predicted octanol–water partition coefficient (Wildman–Crippen LogP) is 0.00890. The first-order chi connectivity index (χ1) is 14.4. The van der Waals surface area contributed by atoms with Crippen LogP contribution in [-0.2, 0) is 24.8 Å². The Hall–Kier alpha value is -0.800. The molecule has 1 unspecified atom stereocenters. The molecule has 176 valence electrons. The average Bonchev–Trinajstić information content (AvgIpc) is 3.08. The number of sulfonamides is 2. The van der Waals surface area contributed by atoms with Crippen molar-refractivity contribution in [3.05, 3.63) is 22.7 Å². The summed E-state index contributed by atoms with van der Waals surface area (Å²) in [6.45, 7) is 1.13. The summed E-state index contributed by atoms with van der Waals surface area (Å²) in [4.78, 5) is 0.121. The number of aliphatic hydroxyl groups excluding tert-OH is 1. The fourth-order valence-electron chi connectivity index (χ4n) is 4.08. The maximum atomic E-state index is 13.2. The molecule has 0 bridgehead atoms. The SMILES string of the molecule is COc1ccc(Br)cc1S(=O)(=O)N1CCC2(CC1)CC(NC[C@H](O)CS(N)(=O)=O)CO2. The number of aliphatic hydroxyl groups is 1. The molecule has 2 saturated heterocycles. The summed E-state index contributed by atoms with van der Waals surface area (Å²) in [6.07, 6.45) is 0.642. The van der Waals surface area contributed by atoms with Crippen LogP contribution < -0.4 is 15.2 Å². The molecule has 2 aliphatic heterocycles. The number of methoxy groups -OCH3 is 1. The van der Waals surface area contributed by atoms with Crippen molar-refractivity contribution in [3.63, 3.8) is 0 Å². The Morgan fingerprint density at radius 3 is 2.65 bits per heavy atom. The highest BCUT2D eigenvalue weighted by Crippen LogP contribution is 2.38. The van der Waals surface area contributed by atoms with Crippen molar-refractivity contribution in [2.45, 2.75) is 41.9 Å². The molecule has 2 heterocycles. The molecule has 0 amide bonds. The summed E-state index contributed by atoms with van der Waals surface area (Å²) < 4.78 is 61.8. The summed E-state index contributed by atoms with van der Waals surface area (Å²) in [7, 11) is -6.03. The lowest BCUT2D eigenvalue weighted by Gasteiger charge is -2.38. The van der Waals surface area contributed by atoms with Crippen molar-refractivity contribution in [2.75, 3.05) is 39.1 Å². The normalized spacial score (nSPS) is 23.2. The van der Waals surface area contributed by atoms with E-state index in [-0.39, 0.29) is 17.5 Å². The first kappa shape index (κ1) is 24.8. The first-order valence-electron chi connectivity index (χ1n) is 9.84. The van der Waals surface area contributed by atoms with Gasteiger partial charge in [0.05, 0.1) is 31.2 Å². The topological polar surface area (TPSA) is 148 Å². The summed E-state index contributed by atoms with van der Waals surface area (Å²) in [5.74, 6) is -0.215. The van der Waals surface area contributed by atoms with Gasteiger partial charge in [-0.25, -0.2) is 22.0 Å². The second-order valence-electron chi connectivity index (χ2n) is 7.99. The van der Waals surface area contributed by atoms with Crippen molar-refractivity contribution >= 4 is 36.0 Å². The quantitative estimate of drug-likeness (QED) is 0.416. The zero-order chi connectivity index (χ0) is 22.9. The molecule has 0 radical (unpaired) electrons. The maximum absolute atomic E-state index is 13.2. The van der Waals surface area contributed by atoms with E-state index in [9.17, 15) is 21.9 Å². The highest BCUT2D eigenvalue weighted by molar-refractivity contribution is 9.10. The molecule has 0 aliphatic carbocycles. The highest BCUT2D eigenvalue weighted by atomic mass is 79.9. The van der Waals surface area contributed by atoms with Crippen LogP contribution in [0.5, 0.6) is 5.75 Å². The van der Waals surface area contributed by atoms with Gasteiger partial charge < -0.3 is 19.9 Å². The number of halogens is 1. The summed E-state index contributed by atoms with van der Waals surface area (Å²) in [5.41, 5.74) is -0.435. The van der Waals surface area contributed by atoms with Crippen LogP contribution in [0.2, 0.25) is 0 Å². The fraction of sp³-hybridized carbons (Fsp3) is 0.667. The number of primary sulfonamides is 1. The Bertz CT molecular complexity index is 995. The van der Waals surface area contributed by atoms with E-state index >= 15 is 0 Å². The Morgan fingerprint density at radius 2 is 2.03 bits per heavy atom. The number of hydrogen-bond donors (Lipinski definition) is 3. The van der Waals surface area contributed by atoms with E-state index in [2.05, 4.69) is 21.2 Å². The van der Waals surface area contributed by atoms with Crippen LogP contribution in [0.25, 0.3) is 0 Å². The molecule has 2 aliphatic rings. The van der Waals surface area contributed by atoms with Gasteiger partial charge in [-0.2, -0.15) is 4.31 Å². The maximum Gasteiger partial charge on any atom is 0.246 e. The molecule has 0 saturated carbocycles. The van der Waals surface area contributed by atoms with E-state index in [4.69, 9.17) is 14.6 Å². The lowest BCUT2D eigenvalue weighted by atomic mass is 9.88. The standard InChI is InChI=1S/C18H28BrN3O7S2/c1-28-16-3-2-13(19)8-17(16)31(26,27)22-6-4-18(5-7-22)9-14(11-29-18)21-10-15(23)12-30(20,24)25/h2-3,8,14-15,21,23H,4-7,9-12H2,1H3,(H2,20,24,25)/t14?,15-/m0/s1. The van der Waals surface area contributed by atoms with Crippen LogP contribution >= 0.6 is 15.9 Å². The van der Waals surface area contributed by atoms with Gasteiger partial charge in [0, 0.05) is 30.1 Å². The number of nitrogens with zero attached hydrogens (tertiary/aromatic N) is 1. The lowest BCUT2D eigenvalue weighted by Crippen LogP contribution is -2.47. The average molecular weight is 542 g/mol. The van der Waals surface area contributed by atoms with Gasteiger partial charge in [0.15, 0.2) is 0 Å². The van der Waals surface area contributed by atoms with E-state index in [1.54, 1.807) is 12.1 Å². The summed E-state index contributed by atoms with van der Waals surface area (Å²) in [5, 5.41) is 17.9. The van der Waals surface area contributed by atoms with Crippen molar-refractivity contribution < 1.29 is 31.4 Å². The van der Waals surface area contributed by atoms with Crippen LogP contribution in [-0.4, -0.2) is 83.1 Å². The lowest BCUT2D eigenvalue weighted by molar-refractivity contribution is -0.0312.